The van der Waals surface area contributed by atoms with E-state index in [1.54, 1.807) is 30.3 Å². The summed E-state index contributed by atoms with van der Waals surface area (Å²) in [6.07, 6.45) is 1.43. The quantitative estimate of drug-likeness (QED) is 0.593. The third kappa shape index (κ3) is 4.37. The van der Waals surface area contributed by atoms with Crippen LogP contribution in [0.4, 0.5) is 0 Å². The van der Waals surface area contributed by atoms with Crippen molar-refractivity contribution >= 4 is 23.7 Å². The number of hydrogen-bond acceptors (Lipinski definition) is 6. The average Bonchev–Trinajstić information content (AvgIpc) is 3.08. The summed E-state index contributed by atoms with van der Waals surface area (Å²) in [5.74, 6) is 1.82. The molecule has 0 atom stereocenters. The number of hydrogen-bond donors (Lipinski definition) is 1. The number of nitrogens with one attached hydrogen (secondary N) is 1. The Labute approximate surface area is 155 Å². The van der Waals surface area contributed by atoms with Crippen molar-refractivity contribution in [3.8, 4) is 23.0 Å². The molecule has 8 heteroatoms. The second-order valence-corrected chi connectivity index (χ2v) is 5.60. The number of ether oxygens (including phenoxy) is 4. The van der Waals surface area contributed by atoms with E-state index in [1.165, 1.54) is 6.21 Å². The van der Waals surface area contributed by atoms with Gasteiger partial charge in [-0.25, -0.2) is 5.43 Å². The van der Waals surface area contributed by atoms with E-state index in [9.17, 15) is 4.79 Å². The van der Waals surface area contributed by atoms with Gasteiger partial charge in [0.05, 0.1) is 17.8 Å². The Morgan fingerprint density at radius 1 is 1.23 bits per heavy atom. The van der Waals surface area contributed by atoms with Gasteiger partial charge in [0.2, 0.25) is 6.79 Å². The monoisotopic (exact) mass is 376 g/mol. The van der Waals surface area contributed by atoms with E-state index in [0.717, 1.165) is 0 Å². The van der Waals surface area contributed by atoms with Gasteiger partial charge in [-0.3, -0.25) is 4.79 Å². The lowest BCUT2D eigenvalue weighted by atomic mass is 10.2. The first-order valence-electron chi connectivity index (χ1n) is 7.93. The predicted molar refractivity (Wildman–Crippen MR) is 96.4 cm³/mol. The molecular formula is C18H17ClN2O5. The van der Waals surface area contributed by atoms with Crippen molar-refractivity contribution in [2.45, 2.75) is 6.92 Å². The number of carbonyl (C=O) groups excluding carboxylic acids is 1. The molecule has 0 radical (unpaired) electrons. The number of hydrazone groups is 1. The van der Waals surface area contributed by atoms with Gasteiger partial charge < -0.3 is 18.9 Å². The van der Waals surface area contributed by atoms with Crippen molar-refractivity contribution in [2.75, 3.05) is 20.0 Å². The van der Waals surface area contributed by atoms with E-state index >= 15 is 0 Å². The number of halogens is 1. The highest BCUT2D eigenvalue weighted by molar-refractivity contribution is 6.33. The Bertz CT molecular complexity index is 825. The minimum atomic E-state index is -0.413. The fourth-order valence-electron chi connectivity index (χ4n) is 2.23. The van der Waals surface area contributed by atoms with Crippen LogP contribution in [0.25, 0.3) is 0 Å². The van der Waals surface area contributed by atoms with Gasteiger partial charge >= 0.3 is 0 Å². The lowest BCUT2D eigenvalue weighted by Crippen LogP contribution is -2.24. The highest BCUT2D eigenvalue weighted by atomic mass is 35.5. The average molecular weight is 377 g/mol. The van der Waals surface area contributed by atoms with Crippen LogP contribution in [-0.2, 0) is 4.79 Å². The second-order valence-electron chi connectivity index (χ2n) is 5.19. The van der Waals surface area contributed by atoms with Crippen molar-refractivity contribution in [1.29, 1.82) is 0 Å². The number of amides is 1. The summed E-state index contributed by atoms with van der Waals surface area (Å²) in [6.45, 7) is 2.34. The molecule has 0 bridgehead atoms. The number of fused-ring (bicyclic) bond motifs is 1. The predicted octanol–water partition coefficient (Wildman–Crippen LogP) is 3.00. The molecule has 1 aliphatic rings. The standard InChI is InChI=1S/C18H17ClN2O5/c1-2-23-14-5-3-4-6-15(14)24-10-18(22)21-20-9-12-7-16-17(8-13(12)19)26-11-25-16/h3-9H,2,10-11H2,1H3,(H,21,22). The molecule has 1 N–H and O–H groups in total. The number of carbonyl (C=O) groups is 1. The van der Waals surface area contributed by atoms with Gasteiger partial charge in [0, 0.05) is 11.6 Å². The van der Waals surface area contributed by atoms with Crippen molar-refractivity contribution < 1.29 is 23.7 Å². The normalized spacial score (nSPS) is 12.2. The first-order chi connectivity index (χ1) is 12.7. The highest BCUT2D eigenvalue weighted by Crippen LogP contribution is 2.36. The Hall–Kier alpha value is -2.93. The molecule has 0 saturated heterocycles. The van der Waals surface area contributed by atoms with Crippen LogP contribution in [0.3, 0.4) is 0 Å². The van der Waals surface area contributed by atoms with Crippen LogP contribution in [0.5, 0.6) is 23.0 Å². The summed E-state index contributed by atoms with van der Waals surface area (Å²) in [7, 11) is 0. The Morgan fingerprint density at radius 2 is 1.92 bits per heavy atom. The Morgan fingerprint density at radius 3 is 2.65 bits per heavy atom. The lowest BCUT2D eigenvalue weighted by molar-refractivity contribution is -0.123. The van der Waals surface area contributed by atoms with Crippen LogP contribution in [0.1, 0.15) is 12.5 Å². The molecule has 26 heavy (non-hydrogen) atoms. The summed E-state index contributed by atoms with van der Waals surface area (Å²) in [4.78, 5) is 11.9. The minimum absolute atomic E-state index is 0.156. The van der Waals surface area contributed by atoms with Crippen molar-refractivity contribution in [3.63, 3.8) is 0 Å². The van der Waals surface area contributed by atoms with Crippen LogP contribution in [-0.4, -0.2) is 32.1 Å². The zero-order valence-corrected chi connectivity index (χ0v) is 14.8. The zero-order valence-electron chi connectivity index (χ0n) is 14.0. The summed E-state index contributed by atoms with van der Waals surface area (Å²) in [5, 5.41) is 4.32. The molecule has 0 aromatic heterocycles. The molecule has 0 aliphatic carbocycles. The van der Waals surface area contributed by atoms with Gasteiger partial charge in [-0.2, -0.15) is 5.10 Å². The van der Waals surface area contributed by atoms with Gasteiger partial charge in [-0.05, 0) is 25.1 Å². The van der Waals surface area contributed by atoms with Gasteiger partial charge in [-0.1, -0.05) is 23.7 Å². The molecule has 0 fully saturated rings. The molecule has 2 aromatic rings. The molecule has 1 amide bonds. The van der Waals surface area contributed by atoms with E-state index in [2.05, 4.69) is 10.5 Å². The first-order valence-corrected chi connectivity index (χ1v) is 8.31. The van der Waals surface area contributed by atoms with Gasteiger partial charge in [-0.15, -0.1) is 0 Å². The van der Waals surface area contributed by atoms with Crippen LogP contribution < -0.4 is 24.4 Å². The summed E-state index contributed by atoms with van der Waals surface area (Å²) >= 11 is 6.13. The number of rotatable bonds is 7. The van der Waals surface area contributed by atoms with E-state index in [0.29, 0.717) is 40.2 Å². The molecule has 136 valence electrons. The van der Waals surface area contributed by atoms with E-state index in [1.807, 2.05) is 13.0 Å². The minimum Gasteiger partial charge on any atom is -0.490 e. The maximum absolute atomic E-state index is 11.9. The second kappa shape index (κ2) is 8.44. The fraction of sp³-hybridized carbons (Fsp3) is 0.222. The van der Waals surface area contributed by atoms with E-state index in [4.69, 9.17) is 30.5 Å². The number of para-hydroxylation sites is 2. The Balaban J connectivity index is 1.54. The molecule has 0 saturated carbocycles. The summed E-state index contributed by atoms with van der Waals surface area (Å²) in [5.41, 5.74) is 2.98. The lowest BCUT2D eigenvalue weighted by Gasteiger charge is -2.10. The molecule has 2 aromatic carbocycles. The summed E-state index contributed by atoms with van der Waals surface area (Å²) < 4.78 is 21.4. The maximum Gasteiger partial charge on any atom is 0.277 e. The van der Waals surface area contributed by atoms with Crippen molar-refractivity contribution in [3.05, 3.63) is 47.0 Å². The fourth-order valence-corrected chi connectivity index (χ4v) is 2.43. The van der Waals surface area contributed by atoms with Gasteiger partial charge in [0.1, 0.15) is 0 Å². The van der Waals surface area contributed by atoms with E-state index in [-0.39, 0.29) is 13.4 Å². The third-order valence-corrected chi connectivity index (χ3v) is 3.72. The van der Waals surface area contributed by atoms with E-state index < -0.39 is 5.91 Å². The van der Waals surface area contributed by atoms with Crippen LogP contribution in [0, 0.1) is 0 Å². The smallest absolute Gasteiger partial charge is 0.277 e. The maximum atomic E-state index is 11.9. The molecule has 1 heterocycles. The van der Waals surface area contributed by atoms with Crippen LogP contribution in [0.2, 0.25) is 5.02 Å². The van der Waals surface area contributed by atoms with Crippen molar-refractivity contribution in [2.24, 2.45) is 5.10 Å². The highest BCUT2D eigenvalue weighted by Gasteiger charge is 2.15. The molecule has 0 spiro atoms. The van der Waals surface area contributed by atoms with Gasteiger partial charge in [0.25, 0.3) is 5.91 Å². The zero-order chi connectivity index (χ0) is 18.4. The first kappa shape index (κ1) is 17.9. The van der Waals surface area contributed by atoms with Gasteiger partial charge in [0.15, 0.2) is 29.6 Å². The third-order valence-electron chi connectivity index (χ3n) is 3.39. The largest absolute Gasteiger partial charge is 0.490 e. The topological polar surface area (TPSA) is 78.4 Å². The number of nitrogens with zero attached hydrogens (tertiary/aromatic N) is 1. The van der Waals surface area contributed by atoms with Crippen LogP contribution in [0.15, 0.2) is 41.5 Å². The molecule has 1 aliphatic heterocycles. The molecular weight excluding hydrogens is 360 g/mol. The number of benzene rings is 2. The SMILES string of the molecule is CCOc1ccccc1OCC(=O)NN=Cc1cc2c(cc1Cl)OCO2. The van der Waals surface area contributed by atoms with Crippen molar-refractivity contribution in [1.82, 2.24) is 5.43 Å². The summed E-state index contributed by atoms with van der Waals surface area (Å²) in [6, 6.07) is 10.5. The molecule has 0 unspecified atom stereocenters. The molecule has 3 rings (SSSR count). The molecule has 7 nitrogen and oxygen atoms in total. The Kier molecular flexibility index (Phi) is 5.80. The van der Waals surface area contributed by atoms with Crippen LogP contribution >= 0.6 is 11.6 Å².